The van der Waals surface area contributed by atoms with Crippen LogP contribution in [0, 0.1) is 29.8 Å². The summed E-state index contributed by atoms with van der Waals surface area (Å²) in [4.78, 5) is 13.3. The number of nitrogens with one attached hydrogen (secondary N) is 1. The van der Waals surface area contributed by atoms with Crippen molar-refractivity contribution in [1.82, 2.24) is 20.2 Å². The number of phenolic OH excluding ortho intramolecular Hbond substituents is 1. The predicted molar refractivity (Wildman–Crippen MR) is 169 cm³/mol. The van der Waals surface area contributed by atoms with E-state index in [1.54, 1.807) is 0 Å². The van der Waals surface area contributed by atoms with Crippen LogP contribution in [0.5, 0.6) is 17.5 Å². The SMILES string of the molecule is C#Cc1c(F)ccc2cc(O)cc(-c3c(F)c(OC)c4c(N5CC6CC[C@H](C5)N6)nc(OC[C@@]56CCCN5C[C@H](F)C6)nc4c3F)c12. The van der Waals surface area contributed by atoms with Gasteiger partial charge in [0.05, 0.1) is 29.2 Å². The van der Waals surface area contributed by atoms with Crippen molar-refractivity contribution in [2.24, 2.45) is 0 Å². The quantitative estimate of drug-likeness (QED) is 0.211. The first-order valence-corrected chi connectivity index (χ1v) is 15.9. The van der Waals surface area contributed by atoms with E-state index in [9.17, 15) is 13.9 Å². The maximum atomic E-state index is 17.1. The molecule has 2 N–H and O–H groups in total. The Morgan fingerprint density at radius 3 is 2.62 bits per heavy atom. The Hall–Kier alpha value is -4.34. The van der Waals surface area contributed by atoms with Gasteiger partial charge in [-0.25, -0.2) is 17.6 Å². The number of nitrogens with zero attached hydrogens (tertiary/aromatic N) is 4. The number of anilines is 1. The van der Waals surface area contributed by atoms with Crippen LogP contribution in [-0.2, 0) is 0 Å². The Morgan fingerprint density at radius 2 is 1.87 bits per heavy atom. The number of fused-ring (bicyclic) bond motifs is 5. The molecule has 8 nitrogen and oxygen atoms in total. The highest BCUT2D eigenvalue weighted by atomic mass is 19.1. The molecule has 4 aromatic rings. The second-order valence-corrected chi connectivity index (χ2v) is 13.2. The molecule has 0 amide bonds. The monoisotopic (exact) mass is 647 g/mol. The average Bonchev–Trinajstić information content (AvgIpc) is 3.70. The molecule has 0 radical (unpaired) electrons. The van der Waals surface area contributed by atoms with E-state index in [0.29, 0.717) is 31.4 Å². The number of piperazine rings is 1. The molecule has 47 heavy (non-hydrogen) atoms. The number of aromatic hydroxyl groups is 1. The van der Waals surface area contributed by atoms with Crippen LogP contribution in [0.4, 0.5) is 23.4 Å². The predicted octanol–water partition coefficient (Wildman–Crippen LogP) is 5.46. The number of hydrogen-bond acceptors (Lipinski definition) is 8. The Morgan fingerprint density at radius 1 is 1.09 bits per heavy atom. The van der Waals surface area contributed by atoms with E-state index in [0.717, 1.165) is 44.4 Å². The lowest BCUT2D eigenvalue weighted by Crippen LogP contribution is -2.51. The number of phenols is 1. The van der Waals surface area contributed by atoms with Gasteiger partial charge < -0.3 is 24.8 Å². The molecule has 3 aromatic carbocycles. The van der Waals surface area contributed by atoms with Crippen LogP contribution in [0.25, 0.3) is 32.8 Å². The van der Waals surface area contributed by atoms with E-state index >= 15 is 8.78 Å². The fourth-order valence-corrected chi connectivity index (χ4v) is 8.34. The zero-order valence-corrected chi connectivity index (χ0v) is 25.8. The highest BCUT2D eigenvalue weighted by molar-refractivity contribution is 6.06. The molecule has 1 aromatic heterocycles. The Balaban J connectivity index is 1.35. The molecule has 4 aliphatic heterocycles. The number of hydrogen-bond donors (Lipinski definition) is 2. The lowest BCUT2D eigenvalue weighted by Gasteiger charge is -2.35. The first kappa shape index (κ1) is 30.0. The molecule has 1 unspecified atom stereocenters. The van der Waals surface area contributed by atoms with Crippen molar-refractivity contribution >= 4 is 27.5 Å². The van der Waals surface area contributed by atoms with Gasteiger partial charge in [0.25, 0.3) is 0 Å². The Labute approximate surface area is 268 Å². The van der Waals surface area contributed by atoms with Crippen LogP contribution >= 0.6 is 0 Å². The number of terminal acetylenes is 1. The van der Waals surface area contributed by atoms with Crippen molar-refractivity contribution in [2.45, 2.75) is 55.9 Å². The standard InChI is InChI=1S/C35H33F4N5O3/c1-3-23-25(37)8-5-18-11-22(45)12-24(26(18)23)27-29(38)31-28(32(46-2)30(27)39)33(43-15-20-6-7-21(16-43)40-20)42-34(41-31)47-17-35-9-4-10-44(35)14-19(36)13-35/h1,5,8,11-12,19-21,40,45H,4,6-7,9-10,13-17H2,2H3/t19-,20-,21?,35+/m1/s1. The molecule has 0 saturated carbocycles. The van der Waals surface area contributed by atoms with Crippen molar-refractivity contribution in [3.05, 3.63) is 47.3 Å². The third kappa shape index (κ3) is 4.73. The minimum Gasteiger partial charge on any atom is -0.508 e. The van der Waals surface area contributed by atoms with Crippen LogP contribution < -0.4 is 19.7 Å². The fraction of sp³-hybridized carbons (Fsp3) is 0.429. The van der Waals surface area contributed by atoms with Gasteiger partial charge in [0.1, 0.15) is 35.7 Å². The molecular weight excluding hydrogens is 614 g/mol. The molecule has 2 bridgehead atoms. The minimum atomic E-state index is -1.08. The topological polar surface area (TPSA) is 83.0 Å². The first-order chi connectivity index (χ1) is 22.7. The van der Waals surface area contributed by atoms with E-state index in [2.05, 4.69) is 21.1 Å². The van der Waals surface area contributed by atoms with E-state index < -0.39 is 34.7 Å². The molecule has 12 heteroatoms. The largest absolute Gasteiger partial charge is 0.508 e. The molecule has 5 heterocycles. The minimum absolute atomic E-state index is 0.0260. The van der Waals surface area contributed by atoms with Crippen molar-refractivity contribution in [3.63, 3.8) is 0 Å². The summed E-state index contributed by atoms with van der Waals surface area (Å²) in [6.07, 6.45) is 8.60. The summed E-state index contributed by atoms with van der Waals surface area (Å²) in [6, 6.07) is 5.22. The van der Waals surface area contributed by atoms with E-state index in [1.165, 1.54) is 19.2 Å². The summed E-state index contributed by atoms with van der Waals surface area (Å²) in [5.41, 5.74) is -1.74. The maximum Gasteiger partial charge on any atom is 0.319 e. The van der Waals surface area contributed by atoms with Crippen molar-refractivity contribution in [1.29, 1.82) is 0 Å². The van der Waals surface area contributed by atoms with Gasteiger partial charge in [-0.15, -0.1) is 6.42 Å². The maximum absolute atomic E-state index is 17.1. The zero-order valence-electron chi connectivity index (χ0n) is 25.8. The van der Waals surface area contributed by atoms with Gasteiger partial charge in [-0.1, -0.05) is 12.0 Å². The van der Waals surface area contributed by atoms with Gasteiger partial charge in [-0.05, 0) is 55.8 Å². The normalized spacial score (nSPS) is 25.4. The lowest BCUT2D eigenvalue weighted by atomic mass is 9.92. The Kier molecular flexibility index (Phi) is 7.11. The summed E-state index contributed by atoms with van der Waals surface area (Å²) in [5.74, 6) is -0.961. The molecule has 0 aliphatic carbocycles. The van der Waals surface area contributed by atoms with Crippen molar-refractivity contribution in [3.8, 4) is 41.0 Å². The second-order valence-electron chi connectivity index (χ2n) is 13.2. The van der Waals surface area contributed by atoms with Gasteiger partial charge >= 0.3 is 6.01 Å². The van der Waals surface area contributed by atoms with E-state index in [-0.39, 0.29) is 69.4 Å². The number of ether oxygens (including phenoxy) is 2. The fourth-order valence-electron chi connectivity index (χ4n) is 8.34. The Bertz CT molecular complexity index is 1970. The van der Waals surface area contributed by atoms with Gasteiger partial charge in [-0.3, -0.25) is 4.90 Å². The van der Waals surface area contributed by atoms with Gasteiger partial charge in [0, 0.05) is 49.1 Å². The van der Waals surface area contributed by atoms with Crippen molar-refractivity contribution < 1.29 is 32.1 Å². The number of benzene rings is 3. The average molecular weight is 648 g/mol. The third-order valence-electron chi connectivity index (χ3n) is 10.4. The number of rotatable bonds is 6. The molecule has 244 valence electrons. The molecular formula is C35H33F4N5O3. The molecule has 4 fully saturated rings. The lowest BCUT2D eigenvalue weighted by molar-refractivity contribution is 0.107. The summed E-state index contributed by atoms with van der Waals surface area (Å²) in [6.45, 7) is 2.30. The van der Waals surface area contributed by atoms with Gasteiger partial charge in [-0.2, -0.15) is 9.97 Å². The van der Waals surface area contributed by atoms with Gasteiger partial charge in [0.2, 0.25) is 0 Å². The summed E-state index contributed by atoms with van der Waals surface area (Å²) >= 11 is 0. The first-order valence-electron chi connectivity index (χ1n) is 15.9. The second kappa shape index (κ2) is 11.1. The highest BCUT2D eigenvalue weighted by Gasteiger charge is 2.49. The third-order valence-corrected chi connectivity index (χ3v) is 10.4. The summed E-state index contributed by atoms with van der Waals surface area (Å²) < 4.78 is 75.1. The number of aromatic nitrogens is 2. The van der Waals surface area contributed by atoms with Crippen LogP contribution in [-0.4, -0.2) is 83.7 Å². The molecule has 4 saturated heterocycles. The summed E-state index contributed by atoms with van der Waals surface area (Å²) in [7, 11) is 1.27. The smallest absolute Gasteiger partial charge is 0.319 e. The number of alkyl halides is 1. The van der Waals surface area contributed by atoms with Crippen LogP contribution in [0.15, 0.2) is 24.3 Å². The van der Waals surface area contributed by atoms with E-state index in [4.69, 9.17) is 20.9 Å². The molecule has 0 spiro atoms. The van der Waals surface area contributed by atoms with Gasteiger partial charge in [0.15, 0.2) is 17.4 Å². The van der Waals surface area contributed by atoms with Crippen LogP contribution in [0.1, 0.15) is 37.7 Å². The van der Waals surface area contributed by atoms with Crippen LogP contribution in [0.3, 0.4) is 0 Å². The highest BCUT2D eigenvalue weighted by Crippen LogP contribution is 2.47. The van der Waals surface area contributed by atoms with Crippen molar-refractivity contribution in [2.75, 3.05) is 44.8 Å². The molecule has 4 aliphatic rings. The molecule has 4 atom stereocenters. The number of halogens is 4. The number of methoxy groups -OCH3 is 1. The van der Waals surface area contributed by atoms with Crippen LogP contribution in [0.2, 0.25) is 0 Å². The molecule has 8 rings (SSSR count). The zero-order chi connectivity index (χ0) is 32.6. The summed E-state index contributed by atoms with van der Waals surface area (Å²) in [5, 5.41) is 14.5. The van der Waals surface area contributed by atoms with E-state index in [1.807, 2.05) is 4.90 Å².